The Labute approximate surface area is 118 Å². The molecule has 1 aromatic carbocycles. The summed E-state index contributed by atoms with van der Waals surface area (Å²) in [5.74, 6) is 0.755. The van der Waals surface area contributed by atoms with E-state index in [0.29, 0.717) is 11.6 Å². The number of rotatable bonds is 3. The third-order valence-corrected chi connectivity index (χ3v) is 4.76. The smallest absolute Gasteiger partial charge is 0.269 e. The molecule has 2 unspecified atom stereocenters. The van der Waals surface area contributed by atoms with Gasteiger partial charge in [0.1, 0.15) is 0 Å². The maximum absolute atomic E-state index is 10.8. The second kappa shape index (κ2) is 5.40. The first-order chi connectivity index (χ1) is 9.70. The van der Waals surface area contributed by atoms with Gasteiger partial charge in [0.25, 0.3) is 5.69 Å². The first kappa shape index (κ1) is 13.4. The van der Waals surface area contributed by atoms with E-state index in [1.165, 1.54) is 38.2 Å². The van der Waals surface area contributed by atoms with E-state index in [9.17, 15) is 15.2 Å². The number of aliphatic hydroxyl groups is 1. The third kappa shape index (κ3) is 2.26. The molecule has 5 nitrogen and oxygen atoms in total. The van der Waals surface area contributed by atoms with E-state index < -0.39 is 4.92 Å². The van der Waals surface area contributed by atoms with Gasteiger partial charge in [-0.1, -0.05) is 12.8 Å². The van der Waals surface area contributed by atoms with Crippen LogP contribution in [0.25, 0.3) is 0 Å². The molecule has 1 aliphatic heterocycles. The highest BCUT2D eigenvalue weighted by atomic mass is 16.6. The summed E-state index contributed by atoms with van der Waals surface area (Å²) in [5, 5.41) is 20.4. The number of aliphatic hydroxyl groups excluding tert-OH is 1. The van der Waals surface area contributed by atoms with Crippen molar-refractivity contribution >= 4 is 11.4 Å². The summed E-state index contributed by atoms with van der Waals surface area (Å²) in [5.41, 5.74) is 1.70. The van der Waals surface area contributed by atoms with Gasteiger partial charge >= 0.3 is 0 Å². The quantitative estimate of drug-likeness (QED) is 0.681. The third-order valence-electron chi connectivity index (χ3n) is 4.76. The normalized spacial score (nSPS) is 25.6. The first-order valence-electron chi connectivity index (χ1n) is 7.35. The lowest BCUT2D eigenvalue weighted by atomic mass is 9.85. The molecule has 1 saturated heterocycles. The van der Waals surface area contributed by atoms with Gasteiger partial charge in [0.05, 0.1) is 11.5 Å². The molecule has 1 aromatic rings. The molecule has 2 fully saturated rings. The summed E-state index contributed by atoms with van der Waals surface area (Å²) < 4.78 is 0. The summed E-state index contributed by atoms with van der Waals surface area (Å²) in [4.78, 5) is 12.8. The Morgan fingerprint density at radius 2 is 2.10 bits per heavy atom. The number of nitro benzene ring substituents is 1. The van der Waals surface area contributed by atoms with Gasteiger partial charge in [0, 0.05) is 36.0 Å². The Hall–Kier alpha value is -1.62. The van der Waals surface area contributed by atoms with E-state index in [1.807, 2.05) is 0 Å². The maximum atomic E-state index is 10.8. The number of hydrogen-bond donors (Lipinski definition) is 1. The van der Waals surface area contributed by atoms with E-state index in [-0.39, 0.29) is 12.3 Å². The molecule has 20 heavy (non-hydrogen) atoms. The molecule has 0 bridgehead atoms. The van der Waals surface area contributed by atoms with Gasteiger partial charge < -0.3 is 10.0 Å². The van der Waals surface area contributed by atoms with Crippen molar-refractivity contribution in [3.05, 3.63) is 33.9 Å². The molecule has 1 N–H and O–H groups in total. The van der Waals surface area contributed by atoms with Crippen molar-refractivity contribution in [2.45, 2.75) is 44.8 Å². The summed E-state index contributed by atoms with van der Waals surface area (Å²) in [6.45, 7) is 0.852. The fourth-order valence-electron chi connectivity index (χ4n) is 3.80. The molecule has 1 heterocycles. The van der Waals surface area contributed by atoms with Crippen LogP contribution in [0.1, 0.15) is 37.7 Å². The minimum Gasteiger partial charge on any atom is -0.392 e. The fourth-order valence-corrected chi connectivity index (χ4v) is 3.80. The molecule has 108 valence electrons. The summed E-state index contributed by atoms with van der Waals surface area (Å²) in [6, 6.07) is 5.41. The lowest BCUT2D eigenvalue weighted by Crippen LogP contribution is -2.35. The monoisotopic (exact) mass is 276 g/mol. The van der Waals surface area contributed by atoms with Crippen molar-refractivity contribution in [1.29, 1.82) is 0 Å². The van der Waals surface area contributed by atoms with Crippen LogP contribution in [0.4, 0.5) is 11.4 Å². The van der Waals surface area contributed by atoms with Crippen molar-refractivity contribution in [3.63, 3.8) is 0 Å². The van der Waals surface area contributed by atoms with Crippen LogP contribution in [0.3, 0.4) is 0 Å². The Bertz CT molecular complexity index is 518. The van der Waals surface area contributed by atoms with Crippen molar-refractivity contribution < 1.29 is 10.0 Å². The highest BCUT2D eigenvalue weighted by Crippen LogP contribution is 2.40. The van der Waals surface area contributed by atoms with Crippen LogP contribution in [0.2, 0.25) is 0 Å². The zero-order chi connectivity index (χ0) is 14.1. The zero-order valence-corrected chi connectivity index (χ0v) is 11.5. The predicted octanol–water partition coefficient (Wildman–Crippen LogP) is 2.86. The standard InChI is InChI=1S/C15H20N2O3/c18-10-12-9-13(17(19)20)5-6-15(12)16-8-7-11-3-1-2-4-14(11)16/h5-6,9,11,14,18H,1-4,7-8,10H2. The molecule has 5 heteroatoms. The van der Waals surface area contributed by atoms with Crippen molar-refractivity contribution in [3.8, 4) is 0 Å². The van der Waals surface area contributed by atoms with Gasteiger partial charge in [-0.15, -0.1) is 0 Å². The lowest BCUT2D eigenvalue weighted by Gasteiger charge is -2.34. The van der Waals surface area contributed by atoms with Gasteiger partial charge in [-0.05, 0) is 31.2 Å². The zero-order valence-electron chi connectivity index (χ0n) is 11.5. The first-order valence-corrected chi connectivity index (χ1v) is 7.35. The molecule has 2 atom stereocenters. The van der Waals surface area contributed by atoms with Crippen LogP contribution in [0.15, 0.2) is 18.2 Å². The molecule has 1 saturated carbocycles. The van der Waals surface area contributed by atoms with E-state index in [1.54, 1.807) is 12.1 Å². The Balaban J connectivity index is 1.91. The molecular weight excluding hydrogens is 256 g/mol. The Kier molecular flexibility index (Phi) is 3.61. The van der Waals surface area contributed by atoms with Gasteiger partial charge in [0.2, 0.25) is 0 Å². The number of benzene rings is 1. The van der Waals surface area contributed by atoms with Crippen LogP contribution in [-0.4, -0.2) is 22.6 Å². The van der Waals surface area contributed by atoms with Crippen molar-refractivity contribution in [2.75, 3.05) is 11.4 Å². The van der Waals surface area contributed by atoms with E-state index in [2.05, 4.69) is 4.90 Å². The maximum Gasteiger partial charge on any atom is 0.269 e. The average Bonchev–Trinajstić information content (AvgIpc) is 2.90. The molecule has 0 aromatic heterocycles. The highest BCUT2D eigenvalue weighted by Gasteiger charge is 2.36. The van der Waals surface area contributed by atoms with E-state index in [0.717, 1.165) is 18.2 Å². The van der Waals surface area contributed by atoms with Gasteiger partial charge in [-0.25, -0.2) is 0 Å². The number of non-ortho nitro benzene ring substituents is 1. The molecule has 0 amide bonds. The Morgan fingerprint density at radius 1 is 1.30 bits per heavy atom. The van der Waals surface area contributed by atoms with Crippen LogP contribution >= 0.6 is 0 Å². The summed E-state index contributed by atoms with van der Waals surface area (Å²) >= 11 is 0. The minimum absolute atomic E-state index is 0.0530. The average molecular weight is 276 g/mol. The van der Waals surface area contributed by atoms with Crippen LogP contribution in [-0.2, 0) is 6.61 Å². The van der Waals surface area contributed by atoms with Crippen molar-refractivity contribution in [2.24, 2.45) is 5.92 Å². The second-order valence-electron chi connectivity index (χ2n) is 5.82. The SMILES string of the molecule is O=[N+]([O-])c1ccc(N2CCC3CCCCC32)c(CO)c1. The fraction of sp³-hybridized carbons (Fsp3) is 0.600. The van der Waals surface area contributed by atoms with E-state index in [4.69, 9.17) is 0 Å². The number of nitrogens with zero attached hydrogens (tertiary/aromatic N) is 2. The minimum atomic E-state index is -0.406. The molecule has 1 aliphatic carbocycles. The summed E-state index contributed by atoms with van der Waals surface area (Å²) in [7, 11) is 0. The lowest BCUT2D eigenvalue weighted by molar-refractivity contribution is -0.384. The van der Waals surface area contributed by atoms with Crippen LogP contribution in [0, 0.1) is 16.0 Å². The number of hydrogen-bond acceptors (Lipinski definition) is 4. The van der Waals surface area contributed by atoms with E-state index >= 15 is 0 Å². The van der Waals surface area contributed by atoms with Crippen LogP contribution < -0.4 is 4.90 Å². The molecular formula is C15H20N2O3. The topological polar surface area (TPSA) is 66.6 Å². The van der Waals surface area contributed by atoms with Gasteiger partial charge in [-0.2, -0.15) is 0 Å². The summed E-state index contributed by atoms with van der Waals surface area (Å²) in [6.07, 6.45) is 6.28. The Morgan fingerprint density at radius 3 is 2.85 bits per heavy atom. The number of anilines is 1. The molecule has 0 radical (unpaired) electrons. The van der Waals surface area contributed by atoms with Gasteiger partial charge in [-0.3, -0.25) is 10.1 Å². The molecule has 2 aliphatic rings. The highest BCUT2D eigenvalue weighted by molar-refractivity contribution is 5.59. The molecule has 0 spiro atoms. The van der Waals surface area contributed by atoms with Crippen molar-refractivity contribution in [1.82, 2.24) is 0 Å². The largest absolute Gasteiger partial charge is 0.392 e. The number of fused-ring (bicyclic) bond motifs is 1. The van der Waals surface area contributed by atoms with Crippen LogP contribution in [0.5, 0.6) is 0 Å². The predicted molar refractivity (Wildman–Crippen MR) is 76.7 cm³/mol. The van der Waals surface area contributed by atoms with Gasteiger partial charge in [0.15, 0.2) is 0 Å². The number of nitro groups is 1. The molecule has 3 rings (SSSR count). The second-order valence-corrected chi connectivity index (χ2v) is 5.82.